The third-order valence-corrected chi connectivity index (χ3v) is 6.14. The van der Waals surface area contributed by atoms with E-state index in [4.69, 9.17) is 16.2 Å². The van der Waals surface area contributed by atoms with Crippen molar-refractivity contribution in [3.05, 3.63) is 35.4 Å². The second kappa shape index (κ2) is 11.7. The number of rotatable bonds is 10. The molecule has 33 heavy (non-hydrogen) atoms. The van der Waals surface area contributed by atoms with Crippen LogP contribution in [0, 0.1) is 17.2 Å². The second-order valence-corrected chi connectivity index (χ2v) is 8.85. The number of hydrogen-bond acceptors (Lipinski definition) is 5. The Hall–Kier alpha value is -2.36. The first-order valence-corrected chi connectivity index (χ1v) is 10.6. The lowest BCUT2D eigenvalue weighted by molar-refractivity contribution is -0.143. The van der Waals surface area contributed by atoms with Crippen LogP contribution in [0.4, 0.5) is 0 Å². The van der Waals surface area contributed by atoms with E-state index in [-0.39, 0.29) is 60.8 Å². The molecule has 0 aromatic heterocycles. The summed E-state index contributed by atoms with van der Waals surface area (Å²) in [4.78, 5) is 39.0. The summed E-state index contributed by atoms with van der Waals surface area (Å²) in [7, 11) is 0. The number of carboxylic acids is 1. The van der Waals surface area contributed by atoms with Crippen LogP contribution < -0.4 is 16.4 Å². The number of aliphatic carboxylic acids is 1. The molecule has 1 saturated carbocycles. The van der Waals surface area contributed by atoms with Gasteiger partial charge in [-0.25, -0.2) is 0 Å². The molecule has 11 heteroatoms. The van der Waals surface area contributed by atoms with Crippen molar-refractivity contribution in [2.24, 2.45) is 17.6 Å². The zero-order chi connectivity index (χ0) is 22.8. The summed E-state index contributed by atoms with van der Waals surface area (Å²) in [6.07, 6.45) is 1.93. The summed E-state index contributed by atoms with van der Waals surface area (Å²) in [5.74, 6) is -1.04. The number of nitrogens with one attached hydrogen (secondary N) is 3. The Bertz CT molecular complexity index is 880. The summed E-state index contributed by atoms with van der Waals surface area (Å²) < 4.78 is 0. The maximum atomic E-state index is 13.3. The van der Waals surface area contributed by atoms with Gasteiger partial charge < -0.3 is 21.1 Å². The quantitative estimate of drug-likeness (QED) is 0.242. The number of carboxylic acid groups (broad SMARTS) is 1. The van der Waals surface area contributed by atoms with Crippen molar-refractivity contribution in [3.63, 3.8) is 0 Å². The maximum absolute atomic E-state index is 13.3. The molecule has 0 unspecified atom stereocenters. The third-order valence-electron chi connectivity index (χ3n) is 6.14. The van der Waals surface area contributed by atoms with Crippen molar-refractivity contribution in [3.8, 4) is 0 Å². The predicted molar refractivity (Wildman–Crippen MR) is 130 cm³/mol. The number of nitrogens with zero attached hydrogens (tertiary/aromatic N) is 1. The van der Waals surface area contributed by atoms with Gasteiger partial charge in [-0.2, -0.15) is 0 Å². The van der Waals surface area contributed by atoms with E-state index >= 15 is 0 Å². The Kier molecular flexibility index (Phi) is 10.1. The van der Waals surface area contributed by atoms with Crippen molar-refractivity contribution in [1.29, 1.82) is 5.41 Å². The Labute approximate surface area is 206 Å². The Morgan fingerprint density at radius 3 is 2.39 bits per heavy atom. The molecule has 0 bridgehead atoms. The molecular formula is C22H33Cl2N5O4. The number of carbonyl (C=O) groups is 3. The van der Waals surface area contributed by atoms with E-state index in [1.165, 1.54) is 0 Å². The van der Waals surface area contributed by atoms with Gasteiger partial charge in [0.25, 0.3) is 0 Å². The first kappa shape index (κ1) is 28.7. The molecule has 0 radical (unpaired) electrons. The zero-order valence-electron chi connectivity index (χ0n) is 18.8. The van der Waals surface area contributed by atoms with Crippen molar-refractivity contribution in [1.82, 2.24) is 15.5 Å². The molecule has 1 saturated heterocycles. The summed E-state index contributed by atoms with van der Waals surface area (Å²) >= 11 is 0. The Morgan fingerprint density at radius 1 is 1.24 bits per heavy atom. The largest absolute Gasteiger partial charge is 0.480 e. The van der Waals surface area contributed by atoms with Crippen LogP contribution in [-0.2, 0) is 20.9 Å². The molecule has 1 heterocycles. The van der Waals surface area contributed by atoms with E-state index < -0.39 is 17.6 Å². The number of carbonyl (C=O) groups excluding carboxylic acids is 2. The molecule has 1 aromatic carbocycles. The number of amides is 2. The van der Waals surface area contributed by atoms with E-state index in [2.05, 4.69) is 10.6 Å². The molecule has 1 aliphatic heterocycles. The minimum absolute atomic E-state index is 0. The molecule has 2 amide bonds. The summed E-state index contributed by atoms with van der Waals surface area (Å²) in [5, 5.41) is 22.2. The van der Waals surface area contributed by atoms with Gasteiger partial charge in [-0.1, -0.05) is 38.1 Å². The Balaban J connectivity index is 0.00000272. The topological polar surface area (TPSA) is 149 Å². The van der Waals surface area contributed by atoms with Gasteiger partial charge in [-0.3, -0.25) is 25.1 Å². The van der Waals surface area contributed by atoms with Gasteiger partial charge in [0.1, 0.15) is 11.4 Å². The average molecular weight is 502 g/mol. The van der Waals surface area contributed by atoms with Crippen LogP contribution in [-0.4, -0.2) is 58.3 Å². The van der Waals surface area contributed by atoms with Crippen LogP contribution in [0.5, 0.6) is 0 Å². The molecule has 0 spiro atoms. The predicted octanol–water partition coefficient (Wildman–Crippen LogP) is 1.51. The zero-order valence-corrected chi connectivity index (χ0v) is 20.4. The van der Waals surface area contributed by atoms with Crippen LogP contribution in [0.15, 0.2) is 24.3 Å². The van der Waals surface area contributed by atoms with E-state index in [0.717, 1.165) is 12.0 Å². The standard InChI is InChI=1S/C22H31N5O4.2ClH/c1-13(2)9-17(25-12-18(28)29)20(30)27-8-7-16-10-22(16,27)21(31)26-11-14-3-5-15(6-4-14)19(23)24;;/h3-6,13,16-17,25H,7-12H2,1-2H3,(H3,23,24)(H,26,31)(H,28,29);2*1H/t16-,17-,22+;;/m1../s1. The van der Waals surface area contributed by atoms with Crippen molar-refractivity contribution >= 4 is 48.4 Å². The first-order chi connectivity index (χ1) is 14.6. The van der Waals surface area contributed by atoms with Crippen molar-refractivity contribution in [2.45, 2.75) is 51.2 Å². The van der Waals surface area contributed by atoms with Crippen LogP contribution in [0.2, 0.25) is 0 Å². The lowest BCUT2D eigenvalue weighted by Crippen LogP contribution is -2.56. The fourth-order valence-electron chi connectivity index (χ4n) is 4.46. The van der Waals surface area contributed by atoms with E-state index in [1.807, 2.05) is 26.0 Å². The number of likely N-dealkylation sites (tertiary alicyclic amines) is 1. The number of nitrogens with two attached hydrogens (primary N) is 1. The van der Waals surface area contributed by atoms with Gasteiger partial charge in [0.2, 0.25) is 11.8 Å². The molecular weight excluding hydrogens is 469 g/mol. The van der Waals surface area contributed by atoms with Crippen LogP contribution >= 0.6 is 24.8 Å². The van der Waals surface area contributed by atoms with Crippen LogP contribution in [0.3, 0.4) is 0 Å². The van der Waals surface area contributed by atoms with E-state index in [0.29, 0.717) is 31.5 Å². The molecule has 2 aliphatic rings. The summed E-state index contributed by atoms with van der Waals surface area (Å²) in [6, 6.07) is 6.46. The normalized spacial score (nSPS) is 21.3. The number of halogens is 2. The highest BCUT2D eigenvalue weighted by molar-refractivity contribution is 5.97. The molecule has 9 nitrogen and oxygen atoms in total. The molecule has 6 N–H and O–H groups in total. The molecule has 3 atom stereocenters. The highest BCUT2D eigenvalue weighted by Gasteiger charge is 2.68. The van der Waals surface area contributed by atoms with Crippen LogP contribution in [0.1, 0.15) is 44.2 Å². The average Bonchev–Trinajstić information content (AvgIpc) is 3.34. The summed E-state index contributed by atoms with van der Waals surface area (Å²) in [5.41, 5.74) is 6.14. The second-order valence-electron chi connectivity index (χ2n) is 8.85. The smallest absolute Gasteiger partial charge is 0.317 e. The van der Waals surface area contributed by atoms with Gasteiger partial charge in [-0.15, -0.1) is 24.8 Å². The van der Waals surface area contributed by atoms with Gasteiger partial charge in [0.15, 0.2) is 0 Å². The highest BCUT2D eigenvalue weighted by Crippen LogP contribution is 2.56. The fraction of sp³-hybridized carbons (Fsp3) is 0.545. The van der Waals surface area contributed by atoms with E-state index in [1.54, 1.807) is 17.0 Å². The number of fused-ring (bicyclic) bond motifs is 1. The van der Waals surface area contributed by atoms with Gasteiger partial charge in [-0.05, 0) is 36.7 Å². The molecule has 1 aromatic rings. The molecule has 1 aliphatic carbocycles. The van der Waals surface area contributed by atoms with Gasteiger partial charge >= 0.3 is 5.97 Å². The monoisotopic (exact) mass is 501 g/mol. The highest BCUT2D eigenvalue weighted by atomic mass is 35.5. The number of hydrogen-bond donors (Lipinski definition) is 5. The third kappa shape index (κ3) is 6.37. The molecule has 3 rings (SSSR count). The van der Waals surface area contributed by atoms with Gasteiger partial charge in [0.05, 0.1) is 12.6 Å². The number of benzene rings is 1. The Morgan fingerprint density at radius 2 is 1.88 bits per heavy atom. The van der Waals surface area contributed by atoms with E-state index in [9.17, 15) is 14.4 Å². The van der Waals surface area contributed by atoms with Gasteiger partial charge in [0, 0.05) is 18.7 Å². The lowest BCUT2D eigenvalue weighted by atomic mass is 10.0. The molecule has 184 valence electrons. The minimum atomic E-state index is -1.02. The maximum Gasteiger partial charge on any atom is 0.317 e. The lowest BCUT2D eigenvalue weighted by Gasteiger charge is -2.32. The van der Waals surface area contributed by atoms with Crippen molar-refractivity contribution < 1.29 is 19.5 Å². The first-order valence-electron chi connectivity index (χ1n) is 10.6. The number of piperidine rings is 1. The minimum Gasteiger partial charge on any atom is -0.480 e. The molecule has 2 fully saturated rings. The number of nitrogen functional groups attached to an aromatic ring is 1. The fourth-order valence-corrected chi connectivity index (χ4v) is 4.46. The van der Waals surface area contributed by atoms with Crippen molar-refractivity contribution in [2.75, 3.05) is 13.1 Å². The number of amidine groups is 1. The SMILES string of the molecule is CC(C)C[C@@H](NCC(=O)O)C(=O)N1CC[C@@H]2C[C@@]21C(=O)NCc1ccc(C(=N)N)cc1.Cl.Cl. The van der Waals surface area contributed by atoms with Crippen LogP contribution in [0.25, 0.3) is 0 Å². The summed E-state index contributed by atoms with van der Waals surface area (Å²) in [6.45, 7) is 4.49.